The van der Waals surface area contributed by atoms with Gasteiger partial charge in [0.1, 0.15) is 0 Å². The van der Waals surface area contributed by atoms with Crippen LogP contribution in [0.3, 0.4) is 0 Å². The number of pyridine rings is 1. The molecule has 7 heteroatoms. The molecule has 2 aromatic carbocycles. The Bertz CT molecular complexity index is 1200. The van der Waals surface area contributed by atoms with E-state index in [4.69, 9.17) is 16.4 Å². The summed E-state index contributed by atoms with van der Waals surface area (Å²) in [7, 11) is 0. The number of hydrogen-bond donors (Lipinski definition) is 2. The van der Waals surface area contributed by atoms with Crippen molar-refractivity contribution < 1.29 is 9.63 Å². The Morgan fingerprint density at radius 1 is 1.18 bits per heavy atom. The maximum absolute atomic E-state index is 12.9. The lowest BCUT2D eigenvalue weighted by Crippen LogP contribution is -2.29. The van der Waals surface area contributed by atoms with Crippen LogP contribution < -0.4 is 10.9 Å². The molecule has 140 valence electrons. The van der Waals surface area contributed by atoms with Gasteiger partial charge in [-0.3, -0.25) is 9.59 Å². The number of nitrogens with zero attached hydrogens (tertiary/aromatic N) is 1. The molecular weight excluding hydrogens is 378 g/mol. The molecule has 0 saturated carbocycles. The lowest BCUT2D eigenvalue weighted by Gasteiger charge is -2.17. The zero-order valence-corrected chi connectivity index (χ0v) is 15.7. The largest absolute Gasteiger partial charge is 0.355 e. The van der Waals surface area contributed by atoms with E-state index >= 15 is 0 Å². The van der Waals surface area contributed by atoms with Crippen LogP contribution in [0, 0.1) is 0 Å². The first-order valence-corrected chi connectivity index (χ1v) is 9.03. The standard InChI is InChI=1S/C21H16ClN3O3/c1-12(26)23-18-10-9-17(28-25-18)20-19(13-5-3-2-4-6-13)15-11-14(22)7-8-16(15)24-21(20)27/h2-9,11H,10H2,1H3,(H,24,27)(H,23,25,26). The molecular formula is C21H16ClN3O3. The first-order valence-electron chi connectivity index (χ1n) is 8.66. The molecule has 0 atom stereocenters. The number of rotatable bonds is 2. The highest BCUT2D eigenvalue weighted by Crippen LogP contribution is 2.35. The number of H-pyrrole nitrogens is 1. The second-order valence-corrected chi connectivity index (χ2v) is 6.78. The van der Waals surface area contributed by atoms with Crippen molar-refractivity contribution in [3.8, 4) is 11.1 Å². The molecule has 1 aromatic heterocycles. The van der Waals surface area contributed by atoms with E-state index in [1.54, 1.807) is 18.2 Å². The van der Waals surface area contributed by atoms with Gasteiger partial charge in [-0.2, -0.15) is 0 Å². The van der Waals surface area contributed by atoms with Gasteiger partial charge in [-0.1, -0.05) is 47.1 Å². The van der Waals surface area contributed by atoms with Crippen molar-refractivity contribution >= 4 is 40.0 Å². The summed E-state index contributed by atoms with van der Waals surface area (Å²) in [5.74, 6) is 0.483. The van der Waals surface area contributed by atoms with E-state index < -0.39 is 0 Å². The third-order valence-electron chi connectivity index (χ3n) is 4.34. The third kappa shape index (κ3) is 3.42. The monoisotopic (exact) mass is 393 g/mol. The molecule has 1 aliphatic rings. The molecule has 0 bridgehead atoms. The van der Waals surface area contributed by atoms with Crippen LogP contribution in [0.4, 0.5) is 0 Å². The fraction of sp³-hybridized carbons (Fsp3) is 0.0952. The molecule has 3 aromatic rings. The number of nitrogens with one attached hydrogen (secondary N) is 2. The van der Waals surface area contributed by atoms with E-state index in [0.29, 0.717) is 39.7 Å². The van der Waals surface area contributed by atoms with Crippen LogP contribution in [0.1, 0.15) is 18.9 Å². The normalized spacial score (nSPS) is 13.5. The minimum atomic E-state index is -0.293. The number of amidine groups is 1. The molecule has 0 fully saturated rings. The number of oxime groups is 1. The molecule has 4 rings (SSSR count). The molecule has 0 aliphatic carbocycles. The van der Waals surface area contributed by atoms with Gasteiger partial charge < -0.3 is 15.1 Å². The smallest absolute Gasteiger partial charge is 0.260 e. The Kier molecular flexibility index (Phi) is 4.71. The van der Waals surface area contributed by atoms with E-state index in [9.17, 15) is 9.59 Å². The summed E-state index contributed by atoms with van der Waals surface area (Å²) >= 11 is 6.22. The summed E-state index contributed by atoms with van der Waals surface area (Å²) in [6.07, 6.45) is 2.07. The van der Waals surface area contributed by atoms with E-state index in [-0.39, 0.29) is 11.5 Å². The number of fused-ring (bicyclic) bond motifs is 1. The number of hydrogen-bond acceptors (Lipinski definition) is 4. The van der Waals surface area contributed by atoms with Crippen LogP contribution in [0.5, 0.6) is 0 Å². The molecule has 2 N–H and O–H groups in total. The second-order valence-electron chi connectivity index (χ2n) is 6.34. The summed E-state index contributed by atoms with van der Waals surface area (Å²) in [6, 6.07) is 14.9. The first-order chi connectivity index (χ1) is 13.5. The zero-order valence-electron chi connectivity index (χ0n) is 15.0. The molecule has 0 radical (unpaired) electrons. The number of halogens is 1. The highest BCUT2D eigenvalue weighted by molar-refractivity contribution is 6.31. The van der Waals surface area contributed by atoms with Crippen LogP contribution in [0.25, 0.3) is 27.8 Å². The van der Waals surface area contributed by atoms with Crippen LogP contribution in [-0.2, 0) is 9.63 Å². The van der Waals surface area contributed by atoms with Crippen LogP contribution >= 0.6 is 11.6 Å². The predicted molar refractivity (Wildman–Crippen MR) is 110 cm³/mol. The third-order valence-corrected chi connectivity index (χ3v) is 4.58. The average molecular weight is 394 g/mol. The van der Waals surface area contributed by atoms with Crippen molar-refractivity contribution in [3.63, 3.8) is 0 Å². The van der Waals surface area contributed by atoms with Crippen LogP contribution in [0.2, 0.25) is 5.02 Å². The van der Waals surface area contributed by atoms with Crippen molar-refractivity contribution in [2.45, 2.75) is 13.3 Å². The SMILES string of the molecule is CC(=O)NC1=NOC(c2c(-c3ccccc3)c3cc(Cl)ccc3[nH]c2=O)=CC1. The molecule has 1 amide bonds. The van der Waals surface area contributed by atoms with Gasteiger partial charge in [0.25, 0.3) is 5.56 Å². The quantitative estimate of drug-likeness (QED) is 0.688. The van der Waals surface area contributed by atoms with E-state index in [1.807, 2.05) is 36.4 Å². The van der Waals surface area contributed by atoms with Crippen molar-refractivity contribution in [3.05, 3.63) is 75.5 Å². The number of aromatic amines is 1. The summed E-state index contributed by atoms with van der Waals surface area (Å²) in [5.41, 5.74) is 2.32. The van der Waals surface area contributed by atoms with Gasteiger partial charge in [-0.05, 0) is 29.8 Å². The van der Waals surface area contributed by atoms with Crippen LogP contribution in [-0.4, -0.2) is 16.7 Å². The summed E-state index contributed by atoms with van der Waals surface area (Å²) in [5, 5.41) is 7.89. The van der Waals surface area contributed by atoms with E-state index in [2.05, 4.69) is 15.5 Å². The molecule has 28 heavy (non-hydrogen) atoms. The Hall–Kier alpha value is -3.38. The Morgan fingerprint density at radius 3 is 2.64 bits per heavy atom. The zero-order chi connectivity index (χ0) is 19.7. The van der Waals surface area contributed by atoms with E-state index in [0.717, 1.165) is 10.9 Å². The number of carbonyl (C=O) groups is 1. The topological polar surface area (TPSA) is 83.5 Å². The fourth-order valence-corrected chi connectivity index (χ4v) is 3.37. The Labute approximate surface area is 165 Å². The predicted octanol–water partition coefficient (Wildman–Crippen LogP) is 4.06. The lowest BCUT2D eigenvalue weighted by atomic mass is 9.95. The maximum Gasteiger partial charge on any atom is 0.260 e. The van der Waals surface area contributed by atoms with Crippen LogP contribution in [0.15, 0.2) is 64.6 Å². The van der Waals surface area contributed by atoms with Crippen molar-refractivity contribution in [1.29, 1.82) is 0 Å². The number of amides is 1. The highest BCUT2D eigenvalue weighted by Gasteiger charge is 2.22. The summed E-state index contributed by atoms with van der Waals surface area (Å²) < 4.78 is 0. The fourth-order valence-electron chi connectivity index (χ4n) is 3.20. The molecule has 0 saturated heterocycles. The minimum Gasteiger partial charge on any atom is -0.355 e. The van der Waals surface area contributed by atoms with Gasteiger partial charge >= 0.3 is 0 Å². The number of benzene rings is 2. The molecule has 2 heterocycles. The maximum atomic E-state index is 12.9. The molecule has 0 spiro atoms. The molecule has 6 nitrogen and oxygen atoms in total. The number of carbonyl (C=O) groups excluding carboxylic acids is 1. The lowest BCUT2D eigenvalue weighted by molar-refractivity contribution is -0.117. The van der Waals surface area contributed by atoms with Crippen molar-refractivity contribution in [1.82, 2.24) is 10.3 Å². The van der Waals surface area contributed by atoms with Gasteiger partial charge in [0, 0.05) is 34.8 Å². The Balaban J connectivity index is 1.92. The van der Waals surface area contributed by atoms with Gasteiger partial charge in [-0.25, -0.2) is 0 Å². The summed E-state index contributed by atoms with van der Waals surface area (Å²) in [4.78, 5) is 32.5. The first kappa shape index (κ1) is 18.0. The average Bonchev–Trinajstić information content (AvgIpc) is 2.68. The molecule has 1 aliphatic heterocycles. The minimum absolute atomic E-state index is 0.234. The Morgan fingerprint density at radius 2 is 1.96 bits per heavy atom. The van der Waals surface area contributed by atoms with Gasteiger partial charge in [0.05, 0.1) is 5.56 Å². The highest BCUT2D eigenvalue weighted by atomic mass is 35.5. The summed E-state index contributed by atoms with van der Waals surface area (Å²) in [6.45, 7) is 1.40. The number of aromatic nitrogens is 1. The second kappa shape index (κ2) is 7.32. The van der Waals surface area contributed by atoms with Crippen molar-refractivity contribution in [2.75, 3.05) is 0 Å². The van der Waals surface area contributed by atoms with Gasteiger partial charge in [0.15, 0.2) is 11.6 Å². The van der Waals surface area contributed by atoms with Crippen molar-refractivity contribution in [2.24, 2.45) is 5.16 Å². The van der Waals surface area contributed by atoms with Gasteiger partial charge in [-0.15, -0.1) is 0 Å². The van der Waals surface area contributed by atoms with Gasteiger partial charge in [0.2, 0.25) is 5.91 Å². The molecule has 0 unspecified atom stereocenters. The van der Waals surface area contributed by atoms with E-state index in [1.165, 1.54) is 6.92 Å².